The van der Waals surface area contributed by atoms with Crippen LogP contribution >= 0.6 is 11.3 Å². The standard InChI is InChI=1S/C10H14F2N4O2S/c1-16(2)10(18)7-6(13)5(8(14)17)9(19-7)15-3-4(11)12/h4,15H,3,13H2,1-2H3,(H2,14,17). The molecular formula is C10H14F2N4O2S. The van der Waals surface area contributed by atoms with Gasteiger partial charge in [0.2, 0.25) is 0 Å². The summed E-state index contributed by atoms with van der Waals surface area (Å²) >= 11 is 0.831. The molecule has 1 aromatic heterocycles. The van der Waals surface area contributed by atoms with Gasteiger partial charge in [-0.05, 0) is 0 Å². The third-order valence-electron chi connectivity index (χ3n) is 2.21. The van der Waals surface area contributed by atoms with E-state index in [1.807, 2.05) is 0 Å². The lowest BCUT2D eigenvalue weighted by Gasteiger charge is -2.08. The largest absolute Gasteiger partial charge is 0.397 e. The number of halogens is 2. The predicted molar refractivity (Wildman–Crippen MR) is 69.8 cm³/mol. The quantitative estimate of drug-likeness (QED) is 0.747. The molecule has 0 saturated carbocycles. The first kappa shape index (κ1) is 15.2. The van der Waals surface area contributed by atoms with Crippen molar-refractivity contribution in [1.82, 2.24) is 4.90 Å². The van der Waals surface area contributed by atoms with Gasteiger partial charge in [0.15, 0.2) is 0 Å². The first-order valence-corrected chi connectivity index (χ1v) is 6.03. The number of primary amides is 1. The fourth-order valence-electron chi connectivity index (χ4n) is 1.34. The van der Waals surface area contributed by atoms with Crippen LogP contribution in [-0.2, 0) is 0 Å². The Morgan fingerprint density at radius 2 is 2.00 bits per heavy atom. The number of alkyl halides is 2. The van der Waals surface area contributed by atoms with E-state index in [1.165, 1.54) is 19.0 Å². The van der Waals surface area contributed by atoms with Gasteiger partial charge in [-0.25, -0.2) is 8.78 Å². The molecule has 2 amide bonds. The lowest BCUT2D eigenvalue weighted by molar-refractivity contribution is 0.0833. The first-order chi connectivity index (χ1) is 8.75. The molecule has 0 spiro atoms. The molecule has 19 heavy (non-hydrogen) atoms. The minimum Gasteiger partial charge on any atom is -0.397 e. The smallest absolute Gasteiger partial charge is 0.265 e. The molecule has 0 aromatic carbocycles. The highest BCUT2D eigenvalue weighted by atomic mass is 32.1. The Bertz CT molecular complexity index is 502. The zero-order valence-electron chi connectivity index (χ0n) is 10.4. The minimum atomic E-state index is -2.60. The van der Waals surface area contributed by atoms with Gasteiger partial charge in [-0.2, -0.15) is 0 Å². The van der Waals surface area contributed by atoms with Crippen molar-refractivity contribution in [2.45, 2.75) is 6.43 Å². The summed E-state index contributed by atoms with van der Waals surface area (Å²) in [6, 6.07) is 0. The van der Waals surface area contributed by atoms with Crippen LogP contribution < -0.4 is 16.8 Å². The molecule has 1 rings (SSSR count). The molecule has 0 saturated heterocycles. The summed E-state index contributed by atoms with van der Waals surface area (Å²) in [5.74, 6) is -1.29. The second-order valence-electron chi connectivity index (χ2n) is 3.88. The number of carbonyl (C=O) groups excluding carboxylic acids is 2. The molecule has 0 bridgehead atoms. The highest BCUT2D eigenvalue weighted by Crippen LogP contribution is 2.36. The van der Waals surface area contributed by atoms with Gasteiger partial charge in [0.05, 0.1) is 17.8 Å². The zero-order chi connectivity index (χ0) is 14.7. The molecule has 1 heterocycles. The number of anilines is 2. The van der Waals surface area contributed by atoms with Gasteiger partial charge in [0.1, 0.15) is 9.88 Å². The lowest BCUT2D eigenvalue weighted by atomic mass is 10.2. The molecule has 1 aromatic rings. The molecule has 0 radical (unpaired) electrons. The van der Waals surface area contributed by atoms with Gasteiger partial charge in [-0.15, -0.1) is 11.3 Å². The Labute approximate surface area is 112 Å². The minimum absolute atomic E-state index is 0.0792. The summed E-state index contributed by atoms with van der Waals surface area (Å²) in [6.45, 7) is -0.657. The number of amides is 2. The van der Waals surface area contributed by atoms with E-state index in [0.29, 0.717) is 0 Å². The van der Waals surface area contributed by atoms with Gasteiger partial charge < -0.3 is 21.7 Å². The fraction of sp³-hybridized carbons (Fsp3) is 0.400. The van der Waals surface area contributed by atoms with Crippen molar-refractivity contribution in [1.29, 1.82) is 0 Å². The van der Waals surface area contributed by atoms with E-state index in [4.69, 9.17) is 11.5 Å². The van der Waals surface area contributed by atoms with Gasteiger partial charge >= 0.3 is 0 Å². The van der Waals surface area contributed by atoms with E-state index >= 15 is 0 Å². The number of thiophene rings is 1. The Hall–Kier alpha value is -1.90. The lowest BCUT2D eigenvalue weighted by Crippen LogP contribution is -2.22. The molecule has 106 valence electrons. The second kappa shape index (κ2) is 5.83. The van der Waals surface area contributed by atoms with Crippen molar-refractivity contribution in [2.75, 3.05) is 31.7 Å². The zero-order valence-corrected chi connectivity index (χ0v) is 11.2. The Morgan fingerprint density at radius 1 is 1.42 bits per heavy atom. The molecule has 0 atom stereocenters. The van der Waals surface area contributed by atoms with E-state index < -0.39 is 24.8 Å². The number of nitrogens with one attached hydrogen (secondary N) is 1. The molecule has 0 aliphatic heterocycles. The highest BCUT2D eigenvalue weighted by molar-refractivity contribution is 7.19. The average molecular weight is 292 g/mol. The third kappa shape index (κ3) is 3.31. The van der Waals surface area contributed by atoms with Crippen molar-refractivity contribution >= 4 is 33.8 Å². The molecule has 0 aliphatic rings. The maximum atomic E-state index is 12.2. The summed E-state index contributed by atoms with van der Waals surface area (Å²) in [4.78, 5) is 24.5. The van der Waals surface area contributed by atoms with Crippen LogP contribution in [0.3, 0.4) is 0 Å². The van der Waals surface area contributed by atoms with Gasteiger partial charge in [-0.3, -0.25) is 9.59 Å². The molecule has 0 fully saturated rings. The van der Waals surface area contributed by atoms with E-state index in [-0.39, 0.29) is 21.1 Å². The van der Waals surface area contributed by atoms with Crippen LogP contribution in [0.15, 0.2) is 0 Å². The second-order valence-corrected chi connectivity index (χ2v) is 4.91. The predicted octanol–water partition coefficient (Wildman–Crippen LogP) is 0.808. The monoisotopic (exact) mass is 292 g/mol. The summed E-state index contributed by atoms with van der Waals surface area (Å²) in [5.41, 5.74) is 10.6. The molecule has 9 heteroatoms. The summed E-state index contributed by atoms with van der Waals surface area (Å²) in [5, 5.41) is 2.45. The Kier molecular flexibility index (Phi) is 4.65. The number of hydrogen-bond donors (Lipinski definition) is 3. The number of nitrogens with zero attached hydrogens (tertiary/aromatic N) is 1. The van der Waals surface area contributed by atoms with Crippen molar-refractivity contribution in [3.8, 4) is 0 Å². The number of nitrogen functional groups attached to an aromatic ring is 1. The normalized spacial score (nSPS) is 10.6. The maximum Gasteiger partial charge on any atom is 0.265 e. The van der Waals surface area contributed by atoms with Gasteiger partial charge in [-0.1, -0.05) is 0 Å². The fourth-order valence-corrected chi connectivity index (χ4v) is 2.50. The van der Waals surface area contributed by atoms with E-state index in [9.17, 15) is 18.4 Å². The third-order valence-corrected chi connectivity index (χ3v) is 3.36. The maximum absolute atomic E-state index is 12.2. The topological polar surface area (TPSA) is 101 Å². The van der Waals surface area contributed by atoms with Crippen LogP contribution in [0.4, 0.5) is 19.5 Å². The molecule has 0 aliphatic carbocycles. The Morgan fingerprint density at radius 3 is 2.42 bits per heavy atom. The van der Waals surface area contributed by atoms with Crippen LogP contribution in [0.1, 0.15) is 20.0 Å². The van der Waals surface area contributed by atoms with Crippen molar-refractivity contribution in [2.24, 2.45) is 5.73 Å². The van der Waals surface area contributed by atoms with Crippen LogP contribution in [-0.4, -0.2) is 43.8 Å². The highest BCUT2D eigenvalue weighted by Gasteiger charge is 2.25. The number of carbonyl (C=O) groups is 2. The van der Waals surface area contributed by atoms with E-state index in [0.717, 1.165) is 11.3 Å². The molecular weight excluding hydrogens is 278 g/mol. The van der Waals surface area contributed by atoms with Crippen LogP contribution in [0, 0.1) is 0 Å². The van der Waals surface area contributed by atoms with E-state index in [1.54, 1.807) is 0 Å². The average Bonchev–Trinajstić information content (AvgIpc) is 2.62. The Balaban J connectivity index is 3.20. The van der Waals surface area contributed by atoms with Crippen LogP contribution in [0.25, 0.3) is 0 Å². The molecule has 6 nitrogen and oxygen atoms in total. The van der Waals surface area contributed by atoms with Gasteiger partial charge in [0.25, 0.3) is 18.2 Å². The summed E-state index contributed by atoms with van der Waals surface area (Å²) in [7, 11) is 3.02. The number of hydrogen-bond acceptors (Lipinski definition) is 5. The molecule has 5 N–H and O–H groups in total. The van der Waals surface area contributed by atoms with Crippen LogP contribution in [0.2, 0.25) is 0 Å². The van der Waals surface area contributed by atoms with Crippen molar-refractivity contribution in [3.05, 3.63) is 10.4 Å². The summed E-state index contributed by atoms with van der Waals surface area (Å²) in [6.07, 6.45) is -2.60. The summed E-state index contributed by atoms with van der Waals surface area (Å²) < 4.78 is 24.3. The SMILES string of the molecule is CN(C)C(=O)c1sc(NCC(F)F)c(C(N)=O)c1N. The van der Waals surface area contributed by atoms with Crippen LogP contribution in [0.5, 0.6) is 0 Å². The number of rotatable bonds is 5. The molecule has 0 unspecified atom stereocenters. The first-order valence-electron chi connectivity index (χ1n) is 5.21. The van der Waals surface area contributed by atoms with Crippen molar-refractivity contribution in [3.63, 3.8) is 0 Å². The number of nitrogens with two attached hydrogens (primary N) is 2. The van der Waals surface area contributed by atoms with Crippen molar-refractivity contribution < 1.29 is 18.4 Å². The van der Waals surface area contributed by atoms with E-state index in [2.05, 4.69) is 5.32 Å². The van der Waals surface area contributed by atoms with Gasteiger partial charge in [0, 0.05) is 14.1 Å².